The van der Waals surface area contributed by atoms with Crippen molar-refractivity contribution in [3.63, 3.8) is 0 Å². The highest BCUT2D eigenvalue weighted by molar-refractivity contribution is 5.53. The van der Waals surface area contributed by atoms with E-state index in [0.29, 0.717) is 0 Å². The molecule has 2 N–H and O–H groups in total. The molecule has 5 nitrogen and oxygen atoms in total. The van der Waals surface area contributed by atoms with Crippen LogP contribution in [0.25, 0.3) is 0 Å². The SMILES string of the molecule is COC1CN(Cc2ncc(C)c(N)c2C)CC1OC. The van der Waals surface area contributed by atoms with Gasteiger partial charge in [0.2, 0.25) is 0 Å². The van der Waals surface area contributed by atoms with Crippen LogP contribution in [-0.4, -0.2) is 49.4 Å². The molecular formula is C14H23N3O2. The molecule has 2 rings (SSSR count). The number of methoxy groups -OCH3 is 2. The van der Waals surface area contributed by atoms with Crippen LogP contribution in [0.5, 0.6) is 0 Å². The van der Waals surface area contributed by atoms with Crippen molar-refractivity contribution in [3.8, 4) is 0 Å². The van der Waals surface area contributed by atoms with Crippen molar-refractivity contribution in [2.45, 2.75) is 32.6 Å². The molecule has 1 saturated heterocycles. The number of aromatic nitrogens is 1. The second kappa shape index (κ2) is 5.86. The van der Waals surface area contributed by atoms with Gasteiger partial charge in [0.05, 0.1) is 17.9 Å². The molecule has 0 aliphatic carbocycles. The van der Waals surface area contributed by atoms with Gasteiger partial charge in [-0.15, -0.1) is 0 Å². The number of pyridine rings is 1. The van der Waals surface area contributed by atoms with E-state index in [1.165, 1.54) is 0 Å². The fourth-order valence-corrected chi connectivity index (χ4v) is 2.56. The third-order valence-corrected chi connectivity index (χ3v) is 3.95. The third-order valence-electron chi connectivity index (χ3n) is 3.95. The van der Waals surface area contributed by atoms with Crippen molar-refractivity contribution in [2.75, 3.05) is 33.0 Å². The largest absolute Gasteiger partial charge is 0.398 e. The summed E-state index contributed by atoms with van der Waals surface area (Å²) in [6.07, 6.45) is 2.11. The van der Waals surface area contributed by atoms with Gasteiger partial charge in [0.25, 0.3) is 0 Å². The van der Waals surface area contributed by atoms with Gasteiger partial charge in [0.15, 0.2) is 0 Å². The minimum absolute atomic E-state index is 0.133. The summed E-state index contributed by atoms with van der Waals surface area (Å²) in [5.41, 5.74) is 10.0. The number of hydrogen-bond donors (Lipinski definition) is 1. The van der Waals surface area contributed by atoms with Gasteiger partial charge in [-0.1, -0.05) is 0 Å². The normalized spacial score (nSPS) is 24.0. The fraction of sp³-hybridized carbons (Fsp3) is 0.643. The maximum atomic E-state index is 6.06. The van der Waals surface area contributed by atoms with E-state index in [9.17, 15) is 0 Å². The van der Waals surface area contributed by atoms with E-state index in [1.807, 2.05) is 20.0 Å². The zero-order valence-electron chi connectivity index (χ0n) is 12.1. The molecule has 5 heteroatoms. The van der Waals surface area contributed by atoms with E-state index in [4.69, 9.17) is 15.2 Å². The van der Waals surface area contributed by atoms with Gasteiger partial charge in [0.1, 0.15) is 0 Å². The van der Waals surface area contributed by atoms with Gasteiger partial charge < -0.3 is 15.2 Å². The van der Waals surface area contributed by atoms with Crippen LogP contribution in [0.15, 0.2) is 6.20 Å². The maximum absolute atomic E-state index is 6.06. The molecule has 106 valence electrons. The lowest BCUT2D eigenvalue weighted by Gasteiger charge is -2.17. The molecule has 1 aromatic heterocycles. The predicted molar refractivity (Wildman–Crippen MR) is 75.0 cm³/mol. The van der Waals surface area contributed by atoms with Crippen molar-refractivity contribution < 1.29 is 9.47 Å². The zero-order valence-corrected chi connectivity index (χ0v) is 12.1. The van der Waals surface area contributed by atoms with Crippen LogP contribution in [0.3, 0.4) is 0 Å². The predicted octanol–water partition coefficient (Wildman–Crippen LogP) is 1.13. The van der Waals surface area contributed by atoms with Crippen LogP contribution < -0.4 is 5.73 Å². The number of likely N-dealkylation sites (tertiary alicyclic amines) is 1. The van der Waals surface area contributed by atoms with E-state index in [0.717, 1.165) is 42.1 Å². The van der Waals surface area contributed by atoms with Gasteiger partial charge in [-0.2, -0.15) is 0 Å². The Hall–Kier alpha value is -1.17. The topological polar surface area (TPSA) is 60.6 Å². The lowest BCUT2D eigenvalue weighted by atomic mass is 10.1. The Labute approximate surface area is 114 Å². The van der Waals surface area contributed by atoms with Crippen LogP contribution in [0.1, 0.15) is 16.8 Å². The Kier molecular flexibility index (Phi) is 4.39. The molecule has 0 amide bonds. The van der Waals surface area contributed by atoms with Crippen molar-refractivity contribution in [2.24, 2.45) is 0 Å². The number of rotatable bonds is 4. The first-order valence-corrected chi connectivity index (χ1v) is 6.55. The van der Waals surface area contributed by atoms with Crippen LogP contribution >= 0.6 is 0 Å². The van der Waals surface area contributed by atoms with Crippen molar-refractivity contribution in [3.05, 3.63) is 23.0 Å². The minimum Gasteiger partial charge on any atom is -0.398 e. The molecule has 0 spiro atoms. The summed E-state index contributed by atoms with van der Waals surface area (Å²) in [7, 11) is 3.46. The van der Waals surface area contributed by atoms with Gasteiger partial charge in [-0.25, -0.2) is 0 Å². The quantitative estimate of drug-likeness (QED) is 0.884. The van der Waals surface area contributed by atoms with Crippen LogP contribution in [0.2, 0.25) is 0 Å². The lowest BCUT2D eigenvalue weighted by Crippen LogP contribution is -2.27. The Morgan fingerprint density at radius 3 is 2.37 bits per heavy atom. The van der Waals surface area contributed by atoms with Crippen LogP contribution in [0, 0.1) is 13.8 Å². The second-order valence-electron chi connectivity index (χ2n) is 5.17. The van der Waals surface area contributed by atoms with E-state index in [2.05, 4.69) is 9.88 Å². The van der Waals surface area contributed by atoms with Crippen molar-refractivity contribution in [1.29, 1.82) is 0 Å². The maximum Gasteiger partial charge on any atom is 0.0971 e. The molecule has 0 aromatic carbocycles. The Balaban J connectivity index is 2.09. The number of ether oxygens (including phenoxy) is 2. The fourth-order valence-electron chi connectivity index (χ4n) is 2.56. The lowest BCUT2D eigenvalue weighted by molar-refractivity contribution is -0.00461. The zero-order chi connectivity index (χ0) is 14.0. The average Bonchev–Trinajstić information content (AvgIpc) is 2.81. The molecule has 2 heterocycles. The molecule has 2 unspecified atom stereocenters. The first-order valence-electron chi connectivity index (χ1n) is 6.55. The van der Waals surface area contributed by atoms with E-state index >= 15 is 0 Å². The standard InChI is InChI=1S/C14H23N3O2/c1-9-5-16-11(10(2)14(9)15)6-17-7-12(18-3)13(8-17)19-4/h5,12-13H,6-8H2,1-4H3,(H2,15,16). The van der Waals surface area contributed by atoms with E-state index in [-0.39, 0.29) is 12.2 Å². The molecule has 1 aliphatic rings. The average molecular weight is 265 g/mol. The Bertz CT molecular complexity index is 439. The Morgan fingerprint density at radius 1 is 1.26 bits per heavy atom. The van der Waals surface area contributed by atoms with E-state index < -0.39 is 0 Å². The van der Waals surface area contributed by atoms with Gasteiger partial charge >= 0.3 is 0 Å². The number of nitrogens with zero attached hydrogens (tertiary/aromatic N) is 2. The van der Waals surface area contributed by atoms with Crippen LogP contribution in [-0.2, 0) is 16.0 Å². The molecule has 0 radical (unpaired) electrons. The number of aryl methyl sites for hydroxylation is 1. The molecule has 1 aliphatic heterocycles. The Morgan fingerprint density at radius 2 is 1.84 bits per heavy atom. The second-order valence-corrected chi connectivity index (χ2v) is 5.17. The minimum atomic E-state index is 0.133. The highest BCUT2D eigenvalue weighted by Crippen LogP contribution is 2.22. The van der Waals surface area contributed by atoms with Gasteiger partial charge in [0, 0.05) is 45.7 Å². The summed E-state index contributed by atoms with van der Waals surface area (Å²) in [5.74, 6) is 0. The molecule has 0 saturated carbocycles. The molecule has 1 aromatic rings. The first-order chi connectivity index (χ1) is 9.06. The molecular weight excluding hydrogens is 242 g/mol. The number of hydrogen-bond acceptors (Lipinski definition) is 5. The summed E-state index contributed by atoms with van der Waals surface area (Å²) in [4.78, 5) is 6.80. The molecule has 1 fully saturated rings. The monoisotopic (exact) mass is 265 g/mol. The summed E-state index contributed by atoms with van der Waals surface area (Å²) in [6, 6.07) is 0. The summed E-state index contributed by atoms with van der Waals surface area (Å²) in [5, 5.41) is 0. The summed E-state index contributed by atoms with van der Waals surface area (Å²) >= 11 is 0. The molecule has 2 atom stereocenters. The third kappa shape index (κ3) is 2.88. The van der Waals surface area contributed by atoms with Gasteiger partial charge in [-0.05, 0) is 25.0 Å². The highest BCUT2D eigenvalue weighted by Gasteiger charge is 2.33. The smallest absolute Gasteiger partial charge is 0.0971 e. The summed E-state index contributed by atoms with van der Waals surface area (Å²) < 4.78 is 10.9. The molecule has 0 bridgehead atoms. The van der Waals surface area contributed by atoms with Crippen molar-refractivity contribution >= 4 is 5.69 Å². The number of nitrogen functional groups attached to an aromatic ring is 1. The van der Waals surface area contributed by atoms with Gasteiger partial charge in [-0.3, -0.25) is 9.88 Å². The number of anilines is 1. The molecule has 19 heavy (non-hydrogen) atoms. The van der Waals surface area contributed by atoms with E-state index in [1.54, 1.807) is 14.2 Å². The number of nitrogens with two attached hydrogens (primary N) is 1. The first kappa shape index (κ1) is 14.2. The highest BCUT2D eigenvalue weighted by atomic mass is 16.5. The van der Waals surface area contributed by atoms with Crippen LogP contribution in [0.4, 0.5) is 5.69 Å². The summed E-state index contributed by atoms with van der Waals surface area (Å²) in [6.45, 7) is 6.53. The van der Waals surface area contributed by atoms with Crippen molar-refractivity contribution in [1.82, 2.24) is 9.88 Å².